The highest BCUT2D eigenvalue weighted by atomic mass is 19.1. The number of aromatic amines is 1. The Morgan fingerprint density at radius 2 is 2.15 bits per heavy atom. The number of nitrogens with one attached hydrogen (secondary N) is 1. The van der Waals surface area contributed by atoms with E-state index < -0.39 is 5.82 Å². The first-order valence-corrected chi connectivity index (χ1v) is 5.79. The van der Waals surface area contributed by atoms with E-state index >= 15 is 0 Å². The summed E-state index contributed by atoms with van der Waals surface area (Å²) in [6.07, 6.45) is 6.12. The van der Waals surface area contributed by atoms with Gasteiger partial charge in [0.1, 0.15) is 12.4 Å². The molecule has 2 heterocycles. The number of benzene rings is 1. The summed E-state index contributed by atoms with van der Waals surface area (Å²) in [4.78, 5) is 7.88. The van der Waals surface area contributed by atoms with Crippen molar-refractivity contribution in [2.45, 2.75) is 0 Å². The third kappa shape index (κ3) is 1.91. The summed E-state index contributed by atoms with van der Waals surface area (Å²) >= 11 is 0. The smallest absolute Gasteiger partial charge is 0.150 e. The molecule has 0 saturated heterocycles. The first kappa shape index (κ1) is 12.0. The van der Waals surface area contributed by atoms with Gasteiger partial charge in [-0.1, -0.05) is 6.07 Å². The predicted octanol–water partition coefficient (Wildman–Crippen LogP) is 2.54. The van der Waals surface area contributed by atoms with Gasteiger partial charge in [-0.15, -0.1) is 0 Å². The lowest BCUT2D eigenvalue weighted by Gasteiger charge is -2.09. The van der Waals surface area contributed by atoms with E-state index in [2.05, 4.69) is 20.2 Å². The molecule has 96 valence electrons. The van der Waals surface area contributed by atoms with E-state index in [0.29, 0.717) is 11.3 Å². The van der Waals surface area contributed by atoms with Gasteiger partial charge >= 0.3 is 0 Å². The van der Waals surface area contributed by atoms with Crippen LogP contribution in [0.1, 0.15) is 5.56 Å². The van der Waals surface area contributed by atoms with Crippen molar-refractivity contribution in [2.24, 2.45) is 0 Å². The summed E-state index contributed by atoms with van der Waals surface area (Å²) in [5.41, 5.74) is 2.01. The fourth-order valence-electron chi connectivity index (χ4n) is 1.99. The van der Waals surface area contributed by atoms with Crippen LogP contribution in [0.5, 0.6) is 0 Å². The summed E-state index contributed by atoms with van der Waals surface area (Å²) < 4.78 is 14.5. The van der Waals surface area contributed by atoms with Crippen LogP contribution in [0.15, 0.2) is 43.1 Å². The molecule has 0 unspecified atom stereocenters. The fourth-order valence-corrected chi connectivity index (χ4v) is 1.99. The zero-order valence-corrected chi connectivity index (χ0v) is 10.2. The van der Waals surface area contributed by atoms with Gasteiger partial charge in [0, 0.05) is 23.5 Å². The molecule has 1 aromatic carbocycles. The quantitative estimate of drug-likeness (QED) is 0.772. The molecule has 1 N–H and O–H groups in total. The van der Waals surface area contributed by atoms with Crippen molar-refractivity contribution in [3.05, 3.63) is 54.5 Å². The number of rotatable bonds is 2. The lowest BCUT2D eigenvalue weighted by atomic mass is 9.96. The highest BCUT2D eigenvalue weighted by Gasteiger charge is 2.17. The van der Waals surface area contributed by atoms with Gasteiger partial charge in [0.2, 0.25) is 0 Å². The molecule has 0 aliphatic heterocycles. The Balaban J connectivity index is 2.32. The maximum atomic E-state index is 14.5. The Bertz CT molecular complexity index is 775. The second kappa shape index (κ2) is 4.90. The minimum absolute atomic E-state index is 0.0224. The SMILES string of the molecule is N#Cc1ccc(-c2cn[nH]c2)c(-c2ccncn2)c1F. The second-order valence-corrected chi connectivity index (χ2v) is 4.04. The van der Waals surface area contributed by atoms with Crippen LogP contribution >= 0.6 is 0 Å². The number of hydrogen-bond donors (Lipinski definition) is 1. The Morgan fingerprint density at radius 1 is 1.25 bits per heavy atom. The average Bonchev–Trinajstić information content (AvgIpc) is 3.02. The van der Waals surface area contributed by atoms with Crippen LogP contribution in [0.3, 0.4) is 0 Å². The zero-order valence-electron chi connectivity index (χ0n) is 10.2. The van der Waals surface area contributed by atoms with Crippen molar-refractivity contribution >= 4 is 0 Å². The third-order valence-corrected chi connectivity index (χ3v) is 2.91. The number of halogens is 1. The normalized spacial score (nSPS) is 10.2. The van der Waals surface area contributed by atoms with Gasteiger partial charge in [0.25, 0.3) is 0 Å². The lowest BCUT2D eigenvalue weighted by Crippen LogP contribution is -1.95. The molecular weight excluding hydrogens is 257 g/mol. The van der Waals surface area contributed by atoms with Crippen LogP contribution in [-0.4, -0.2) is 20.2 Å². The molecule has 0 saturated carbocycles. The fraction of sp³-hybridized carbons (Fsp3) is 0. The van der Waals surface area contributed by atoms with Crippen LogP contribution in [-0.2, 0) is 0 Å². The molecule has 0 bridgehead atoms. The maximum absolute atomic E-state index is 14.5. The predicted molar refractivity (Wildman–Crippen MR) is 69.7 cm³/mol. The molecule has 5 nitrogen and oxygen atoms in total. The van der Waals surface area contributed by atoms with E-state index in [4.69, 9.17) is 5.26 Å². The van der Waals surface area contributed by atoms with Gasteiger partial charge in [-0.3, -0.25) is 5.10 Å². The van der Waals surface area contributed by atoms with Crippen LogP contribution in [0.2, 0.25) is 0 Å². The molecule has 0 atom stereocenters. The van der Waals surface area contributed by atoms with E-state index in [9.17, 15) is 4.39 Å². The summed E-state index contributed by atoms with van der Waals surface area (Å²) in [6, 6.07) is 6.57. The first-order chi connectivity index (χ1) is 9.81. The number of H-pyrrole nitrogens is 1. The van der Waals surface area contributed by atoms with E-state index in [-0.39, 0.29) is 11.1 Å². The molecule has 0 amide bonds. The number of nitrogens with zero attached hydrogens (tertiary/aromatic N) is 4. The monoisotopic (exact) mass is 265 g/mol. The second-order valence-electron chi connectivity index (χ2n) is 4.04. The highest BCUT2D eigenvalue weighted by Crippen LogP contribution is 2.33. The summed E-state index contributed by atoms with van der Waals surface area (Å²) in [5.74, 6) is -0.593. The van der Waals surface area contributed by atoms with Crippen LogP contribution < -0.4 is 0 Å². The molecular formula is C14H8FN5. The zero-order chi connectivity index (χ0) is 13.9. The van der Waals surface area contributed by atoms with Gasteiger partial charge in [-0.05, 0) is 17.7 Å². The molecule has 2 aromatic heterocycles. The van der Waals surface area contributed by atoms with Gasteiger partial charge in [-0.2, -0.15) is 10.4 Å². The van der Waals surface area contributed by atoms with Gasteiger partial charge in [-0.25, -0.2) is 14.4 Å². The van der Waals surface area contributed by atoms with Crippen molar-refractivity contribution in [3.8, 4) is 28.5 Å². The molecule has 0 spiro atoms. The first-order valence-electron chi connectivity index (χ1n) is 5.79. The number of nitriles is 1. The van der Waals surface area contributed by atoms with E-state index in [1.165, 1.54) is 18.6 Å². The largest absolute Gasteiger partial charge is 0.285 e. The molecule has 0 radical (unpaired) electrons. The van der Waals surface area contributed by atoms with Gasteiger partial charge in [0.15, 0.2) is 5.82 Å². The highest BCUT2D eigenvalue weighted by molar-refractivity contribution is 5.82. The standard InChI is InChI=1S/C14H8FN5/c15-14-9(5-16)1-2-11(10-6-19-20-7-10)13(14)12-3-4-17-8-18-12/h1-4,6-8H,(H,19,20). The summed E-state index contributed by atoms with van der Waals surface area (Å²) in [5, 5.41) is 15.5. The number of aromatic nitrogens is 4. The van der Waals surface area contributed by atoms with Crippen molar-refractivity contribution in [1.29, 1.82) is 5.26 Å². The van der Waals surface area contributed by atoms with Gasteiger partial charge in [0.05, 0.1) is 17.5 Å². The molecule has 20 heavy (non-hydrogen) atoms. The Labute approximate surface area is 113 Å². The van der Waals surface area contributed by atoms with Crippen molar-refractivity contribution in [1.82, 2.24) is 20.2 Å². The summed E-state index contributed by atoms with van der Waals surface area (Å²) in [7, 11) is 0. The molecule has 0 aliphatic carbocycles. The van der Waals surface area contributed by atoms with Crippen molar-refractivity contribution in [3.63, 3.8) is 0 Å². The van der Waals surface area contributed by atoms with Crippen LogP contribution in [0.4, 0.5) is 4.39 Å². The van der Waals surface area contributed by atoms with E-state index in [0.717, 1.165) is 5.56 Å². The Morgan fingerprint density at radius 3 is 2.80 bits per heavy atom. The Kier molecular flexibility index (Phi) is 2.94. The van der Waals surface area contributed by atoms with Crippen molar-refractivity contribution in [2.75, 3.05) is 0 Å². The lowest BCUT2D eigenvalue weighted by molar-refractivity contribution is 0.627. The average molecular weight is 265 g/mol. The van der Waals surface area contributed by atoms with Gasteiger partial charge < -0.3 is 0 Å². The summed E-state index contributed by atoms with van der Waals surface area (Å²) in [6.45, 7) is 0. The topological polar surface area (TPSA) is 78.2 Å². The minimum Gasteiger partial charge on any atom is -0.285 e. The van der Waals surface area contributed by atoms with E-state index in [1.54, 1.807) is 24.5 Å². The van der Waals surface area contributed by atoms with E-state index in [1.807, 2.05) is 6.07 Å². The maximum Gasteiger partial charge on any atom is 0.150 e. The molecule has 3 rings (SSSR count). The Hall–Kier alpha value is -3.07. The minimum atomic E-state index is -0.593. The van der Waals surface area contributed by atoms with Crippen LogP contribution in [0.25, 0.3) is 22.4 Å². The van der Waals surface area contributed by atoms with Crippen LogP contribution in [0, 0.1) is 17.1 Å². The van der Waals surface area contributed by atoms with Crippen molar-refractivity contribution < 1.29 is 4.39 Å². The molecule has 0 fully saturated rings. The number of hydrogen-bond acceptors (Lipinski definition) is 4. The molecule has 0 aliphatic rings. The molecule has 3 aromatic rings. The molecule has 6 heteroatoms. The third-order valence-electron chi connectivity index (χ3n) is 2.91.